The SMILES string of the molecule is CNCCOC(=O)[C@@H]1CCCN1. The molecule has 1 fully saturated rings. The first kappa shape index (κ1) is 9.48. The van der Waals surface area contributed by atoms with Gasteiger partial charge in [-0.15, -0.1) is 0 Å². The van der Waals surface area contributed by atoms with E-state index >= 15 is 0 Å². The van der Waals surface area contributed by atoms with Gasteiger partial charge in [0.15, 0.2) is 0 Å². The summed E-state index contributed by atoms with van der Waals surface area (Å²) in [6.07, 6.45) is 1.99. The van der Waals surface area contributed by atoms with Crippen LogP contribution in [0.15, 0.2) is 0 Å². The van der Waals surface area contributed by atoms with Gasteiger partial charge in [-0.25, -0.2) is 0 Å². The minimum atomic E-state index is -0.109. The Balaban J connectivity index is 2.10. The number of hydrogen-bond acceptors (Lipinski definition) is 4. The zero-order valence-corrected chi connectivity index (χ0v) is 7.43. The highest BCUT2D eigenvalue weighted by Gasteiger charge is 2.22. The molecule has 0 aromatic heterocycles. The van der Waals surface area contributed by atoms with Crippen LogP contribution in [0.1, 0.15) is 12.8 Å². The Morgan fingerprint density at radius 1 is 1.75 bits per heavy atom. The van der Waals surface area contributed by atoms with Gasteiger partial charge in [-0.05, 0) is 26.4 Å². The molecule has 1 heterocycles. The molecule has 0 aliphatic carbocycles. The van der Waals surface area contributed by atoms with Crippen LogP contribution in [-0.2, 0) is 9.53 Å². The molecule has 4 nitrogen and oxygen atoms in total. The first-order valence-electron chi connectivity index (χ1n) is 4.39. The van der Waals surface area contributed by atoms with Crippen molar-refractivity contribution in [2.45, 2.75) is 18.9 Å². The molecule has 12 heavy (non-hydrogen) atoms. The lowest BCUT2D eigenvalue weighted by molar-refractivity contribution is -0.145. The van der Waals surface area contributed by atoms with Crippen molar-refractivity contribution in [3.8, 4) is 0 Å². The van der Waals surface area contributed by atoms with E-state index in [-0.39, 0.29) is 12.0 Å². The van der Waals surface area contributed by atoms with Crippen molar-refractivity contribution in [1.29, 1.82) is 0 Å². The van der Waals surface area contributed by atoms with Gasteiger partial charge in [0.25, 0.3) is 0 Å². The van der Waals surface area contributed by atoms with E-state index in [0.29, 0.717) is 6.61 Å². The summed E-state index contributed by atoms with van der Waals surface area (Å²) in [6, 6.07) is -0.0538. The van der Waals surface area contributed by atoms with Crippen LogP contribution in [0, 0.1) is 0 Å². The summed E-state index contributed by atoms with van der Waals surface area (Å²) >= 11 is 0. The predicted octanol–water partition coefficient (Wildman–Crippen LogP) is -0.499. The molecule has 0 aromatic carbocycles. The minimum absolute atomic E-state index is 0.0538. The molecular weight excluding hydrogens is 156 g/mol. The third-order valence-corrected chi connectivity index (χ3v) is 1.94. The molecule has 0 amide bonds. The average Bonchev–Trinajstić information content (AvgIpc) is 2.56. The number of rotatable bonds is 4. The van der Waals surface area contributed by atoms with E-state index in [1.807, 2.05) is 7.05 Å². The van der Waals surface area contributed by atoms with E-state index in [4.69, 9.17) is 4.74 Å². The van der Waals surface area contributed by atoms with Gasteiger partial charge in [-0.1, -0.05) is 0 Å². The number of esters is 1. The fraction of sp³-hybridized carbons (Fsp3) is 0.875. The summed E-state index contributed by atoms with van der Waals surface area (Å²) in [5.74, 6) is -0.109. The molecule has 4 heteroatoms. The van der Waals surface area contributed by atoms with Crippen molar-refractivity contribution in [3.05, 3.63) is 0 Å². The fourth-order valence-corrected chi connectivity index (χ4v) is 1.24. The quantitative estimate of drug-likeness (QED) is 0.443. The molecule has 0 spiro atoms. The fourth-order valence-electron chi connectivity index (χ4n) is 1.24. The maximum atomic E-state index is 11.2. The van der Waals surface area contributed by atoms with Crippen molar-refractivity contribution in [2.24, 2.45) is 0 Å². The van der Waals surface area contributed by atoms with Crippen LogP contribution in [0.2, 0.25) is 0 Å². The van der Waals surface area contributed by atoms with Crippen LogP contribution in [-0.4, -0.2) is 38.8 Å². The second-order valence-corrected chi connectivity index (χ2v) is 2.92. The standard InChI is InChI=1S/C8H16N2O2/c1-9-5-6-12-8(11)7-3-2-4-10-7/h7,9-10H,2-6H2,1H3/t7-/m0/s1. The molecular formula is C8H16N2O2. The minimum Gasteiger partial charge on any atom is -0.463 e. The molecule has 2 N–H and O–H groups in total. The Kier molecular flexibility index (Phi) is 4.04. The highest BCUT2D eigenvalue weighted by atomic mass is 16.5. The number of carbonyl (C=O) groups excluding carboxylic acids is 1. The van der Waals surface area contributed by atoms with Crippen molar-refractivity contribution >= 4 is 5.97 Å². The van der Waals surface area contributed by atoms with Crippen molar-refractivity contribution in [3.63, 3.8) is 0 Å². The van der Waals surface area contributed by atoms with Crippen LogP contribution in [0.25, 0.3) is 0 Å². The highest BCUT2D eigenvalue weighted by molar-refractivity contribution is 5.76. The monoisotopic (exact) mass is 172 g/mol. The van der Waals surface area contributed by atoms with Crippen LogP contribution in [0.3, 0.4) is 0 Å². The summed E-state index contributed by atoms with van der Waals surface area (Å²) in [5.41, 5.74) is 0. The first-order chi connectivity index (χ1) is 5.84. The van der Waals surface area contributed by atoms with E-state index in [1.54, 1.807) is 0 Å². The Bertz CT molecular complexity index is 144. The third kappa shape index (κ3) is 2.79. The lowest BCUT2D eigenvalue weighted by Crippen LogP contribution is -2.33. The van der Waals surface area contributed by atoms with Gasteiger partial charge in [-0.3, -0.25) is 4.79 Å². The van der Waals surface area contributed by atoms with Gasteiger partial charge >= 0.3 is 5.97 Å². The van der Waals surface area contributed by atoms with Crippen molar-refractivity contribution in [2.75, 3.05) is 26.7 Å². The summed E-state index contributed by atoms with van der Waals surface area (Å²) in [4.78, 5) is 11.2. The van der Waals surface area contributed by atoms with E-state index in [0.717, 1.165) is 25.9 Å². The maximum absolute atomic E-state index is 11.2. The number of likely N-dealkylation sites (N-methyl/N-ethyl adjacent to an activating group) is 1. The van der Waals surface area contributed by atoms with Gasteiger partial charge in [0.05, 0.1) is 0 Å². The van der Waals surface area contributed by atoms with Gasteiger partial charge in [-0.2, -0.15) is 0 Å². The van der Waals surface area contributed by atoms with Gasteiger partial charge in [0, 0.05) is 6.54 Å². The van der Waals surface area contributed by atoms with Crippen molar-refractivity contribution < 1.29 is 9.53 Å². The zero-order chi connectivity index (χ0) is 8.81. The smallest absolute Gasteiger partial charge is 0.323 e. The molecule has 1 aliphatic rings. The maximum Gasteiger partial charge on any atom is 0.323 e. The lowest BCUT2D eigenvalue weighted by atomic mass is 10.2. The van der Waals surface area contributed by atoms with E-state index < -0.39 is 0 Å². The van der Waals surface area contributed by atoms with E-state index in [9.17, 15) is 4.79 Å². The topological polar surface area (TPSA) is 50.4 Å². The van der Waals surface area contributed by atoms with Gasteiger partial charge in [0.2, 0.25) is 0 Å². The molecule has 1 aliphatic heterocycles. The number of ether oxygens (including phenoxy) is 1. The number of hydrogen-bond donors (Lipinski definition) is 2. The molecule has 0 radical (unpaired) electrons. The van der Waals surface area contributed by atoms with Crippen LogP contribution < -0.4 is 10.6 Å². The second-order valence-electron chi connectivity index (χ2n) is 2.92. The Labute approximate surface area is 72.7 Å². The molecule has 70 valence electrons. The summed E-state index contributed by atoms with van der Waals surface area (Å²) in [7, 11) is 1.83. The van der Waals surface area contributed by atoms with Crippen LogP contribution >= 0.6 is 0 Å². The summed E-state index contributed by atoms with van der Waals surface area (Å²) in [5, 5.41) is 6.00. The number of carbonyl (C=O) groups is 1. The largest absolute Gasteiger partial charge is 0.463 e. The molecule has 0 unspecified atom stereocenters. The number of nitrogens with one attached hydrogen (secondary N) is 2. The summed E-state index contributed by atoms with van der Waals surface area (Å²) < 4.78 is 5.00. The zero-order valence-electron chi connectivity index (χ0n) is 7.43. The van der Waals surface area contributed by atoms with Gasteiger partial charge < -0.3 is 15.4 Å². The molecule has 0 bridgehead atoms. The predicted molar refractivity (Wildman–Crippen MR) is 45.9 cm³/mol. The third-order valence-electron chi connectivity index (χ3n) is 1.94. The Hall–Kier alpha value is -0.610. The first-order valence-corrected chi connectivity index (χ1v) is 4.39. The lowest BCUT2D eigenvalue weighted by Gasteiger charge is -2.09. The molecule has 0 saturated carbocycles. The van der Waals surface area contributed by atoms with E-state index in [1.165, 1.54) is 0 Å². The second kappa shape index (κ2) is 5.11. The van der Waals surface area contributed by atoms with Crippen LogP contribution in [0.5, 0.6) is 0 Å². The summed E-state index contributed by atoms with van der Waals surface area (Å²) in [6.45, 7) is 2.12. The van der Waals surface area contributed by atoms with Crippen molar-refractivity contribution in [1.82, 2.24) is 10.6 Å². The molecule has 1 atom stereocenters. The molecule has 0 aromatic rings. The molecule has 1 rings (SSSR count). The Morgan fingerprint density at radius 3 is 3.17 bits per heavy atom. The van der Waals surface area contributed by atoms with E-state index in [2.05, 4.69) is 10.6 Å². The Morgan fingerprint density at radius 2 is 2.58 bits per heavy atom. The molecule has 1 saturated heterocycles. The normalized spacial score (nSPS) is 22.6. The average molecular weight is 172 g/mol. The van der Waals surface area contributed by atoms with Gasteiger partial charge in [0.1, 0.15) is 12.6 Å². The van der Waals surface area contributed by atoms with Crippen LogP contribution in [0.4, 0.5) is 0 Å². The highest BCUT2D eigenvalue weighted by Crippen LogP contribution is 2.05.